The molecule has 2 aromatic carbocycles. The molecule has 0 saturated heterocycles. The quantitative estimate of drug-likeness (QED) is 0.936. The van der Waals surface area contributed by atoms with E-state index in [1.165, 1.54) is 13.2 Å². The van der Waals surface area contributed by atoms with E-state index in [-0.39, 0.29) is 17.7 Å². The first kappa shape index (κ1) is 15.4. The lowest BCUT2D eigenvalue weighted by molar-refractivity contribution is 0.380. The van der Waals surface area contributed by atoms with Gasteiger partial charge in [0.1, 0.15) is 11.6 Å². The summed E-state index contributed by atoms with van der Waals surface area (Å²) in [5, 5.41) is 0. The third-order valence-corrected chi connectivity index (χ3v) is 3.34. The Labute approximate surface area is 121 Å². The lowest BCUT2D eigenvalue weighted by Gasteiger charge is -2.26. The average Bonchev–Trinajstić information content (AvgIpc) is 2.40. The molecule has 0 aliphatic heterocycles. The van der Waals surface area contributed by atoms with Gasteiger partial charge in [0.2, 0.25) is 0 Å². The number of halogens is 3. The van der Waals surface area contributed by atoms with E-state index < -0.39 is 23.0 Å². The predicted octanol–water partition coefficient (Wildman–Crippen LogP) is 3.53. The van der Waals surface area contributed by atoms with Crippen LogP contribution >= 0.6 is 0 Å². The highest BCUT2D eigenvalue weighted by molar-refractivity contribution is 5.34. The van der Waals surface area contributed by atoms with Gasteiger partial charge in [-0.15, -0.1) is 0 Å². The minimum atomic E-state index is -1.11. The number of benzene rings is 2. The van der Waals surface area contributed by atoms with Crippen LogP contribution in [0.2, 0.25) is 0 Å². The van der Waals surface area contributed by atoms with Gasteiger partial charge in [-0.1, -0.05) is 12.1 Å². The molecule has 0 fully saturated rings. The van der Waals surface area contributed by atoms with Crippen molar-refractivity contribution in [2.45, 2.75) is 18.9 Å². The molecule has 0 amide bonds. The maximum Gasteiger partial charge on any atom is 0.168 e. The normalized spacial score (nSPS) is 13.8. The lowest BCUT2D eigenvalue weighted by Crippen LogP contribution is -2.36. The Morgan fingerprint density at radius 2 is 1.71 bits per heavy atom. The van der Waals surface area contributed by atoms with E-state index in [2.05, 4.69) is 0 Å². The highest BCUT2D eigenvalue weighted by Crippen LogP contribution is 2.28. The van der Waals surface area contributed by atoms with Crippen LogP contribution in [0.25, 0.3) is 0 Å². The van der Waals surface area contributed by atoms with Gasteiger partial charge >= 0.3 is 0 Å². The first-order chi connectivity index (χ1) is 9.83. The zero-order valence-electron chi connectivity index (χ0n) is 11.8. The van der Waals surface area contributed by atoms with Crippen LogP contribution in [0.4, 0.5) is 13.2 Å². The molecule has 21 heavy (non-hydrogen) atoms. The Morgan fingerprint density at radius 3 is 2.29 bits per heavy atom. The maximum absolute atomic E-state index is 14.1. The van der Waals surface area contributed by atoms with Gasteiger partial charge in [-0.3, -0.25) is 0 Å². The molecule has 0 aromatic heterocycles. The number of nitrogens with two attached hydrogens (primary N) is 1. The maximum atomic E-state index is 14.1. The standard InChI is InChI=1S/C16H16F3NO/c1-16(20,11-6-12(17)8-13(18)7-11)9-10-4-3-5-14(21-2)15(10)19/h3-8H,9,20H2,1-2H3. The van der Waals surface area contributed by atoms with Crippen LogP contribution in [0.3, 0.4) is 0 Å². The Hall–Kier alpha value is -2.01. The van der Waals surface area contributed by atoms with Crippen molar-refractivity contribution in [3.05, 3.63) is 65.0 Å². The van der Waals surface area contributed by atoms with E-state index in [4.69, 9.17) is 10.5 Å². The summed E-state index contributed by atoms with van der Waals surface area (Å²) in [7, 11) is 1.37. The van der Waals surface area contributed by atoms with Gasteiger partial charge in [0, 0.05) is 11.6 Å². The van der Waals surface area contributed by atoms with Crippen molar-refractivity contribution >= 4 is 0 Å². The molecule has 0 aliphatic carbocycles. The lowest BCUT2D eigenvalue weighted by atomic mass is 9.86. The van der Waals surface area contributed by atoms with Gasteiger partial charge in [-0.25, -0.2) is 13.2 Å². The second-order valence-corrected chi connectivity index (χ2v) is 5.19. The first-order valence-electron chi connectivity index (χ1n) is 6.40. The van der Waals surface area contributed by atoms with Crippen molar-refractivity contribution in [2.75, 3.05) is 7.11 Å². The molecule has 0 radical (unpaired) electrons. The third-order valence-electron chi connectivity index (χ3n) is 3.34. The molecule has 5 heteroatoms. The molecular weight excluding hydrogens is 279 g/mol. The molecule has 1 unspecified atom stereocenters. The van der Waals surface area contributed by atoms with Gasteiger partial charge in [0.25, 0.3) is 0 Å². The van der Waals surface area contributed by atoms with E-state index >= 15 is 0 Å². The zero-order chi connectivity index (χ0) is 15.6. The Kier molecular flexibility index (Phi) is 4.23. The molecule has 0 saturated carbocycles. The molecule has 0 aliphatic rings. The van der Waals surface area contributed by atoms with Gasteiger partial charge in [-0.2, -0.15) is 0 Å². The van der Waals surface area contributed by atoms with Crippen LogP contribution in [0, 0.1) is 17.5 Å². The highest BCUT2D eigenvalue weighted by Gasteiger charge is 2.25. The number of rotatable bonds is 4. The van der Waals surface area contributed by atoms with Gasteiger partial charge in [-0.05, 0) is 42.7 Å². The smallest absolute Gasteiger partial charge is 0.168 e. The summed E-state index contributed by atoms with van der Waals surface area (Å²) in [6.45, 7) is 1.60. The molecule has 112 valence electrons. The Bertz CT molecular complexity index is 636. The third kappa shape index (κ3) is 3.36. The zero-order valence-corrected chi connectivity index (χ0v) is 11.8. The molecule has 0 spiro atoms. The van der Waals surface area contributed by atoms with Crippen LogP contribution in [-0.2, 0) is 12.0 Å². The largest absolute Gasteiger partial charge is 0.494 e. The fourth-order valence-corrected chi connectivity index (χ4v) is 2.23. The molecular formula is C16H16F3NO. The van der Waals surface area contributed by atoms with E-state index in [0.29, 0.717) is 5.56 Å². The topological polar surface area (TPSA) is 35.2 Å². The molecule has 2 rings (SSSR count). The minimum Gasteiger partial charge on any atom is -0.494 e. The summed E-state index contributed by atoms with van der Waals surface area (Å²) in [6, 6.07) is 7.78. The van der Waals surface area contributed by atoms with Crippen molar-refractivity contribution in [1.29, 1.82) is 0 Å². The SMILES string of the molecule is COc1cccc(CC(C)(N)c2cc(F)cc(F)c2)c1F. The van der Waals surface area contributed by atoms with E-state index in [1.54, 1.807) is 19.1 Å². The minimum absolute atomic E-state index is 0.0823. The van der Waals surface area contributed by atoms with Gasteiger partial charge in [0.05, 0.1) is 7.11 Å². The first-order valence-corrected chi connectivity index (χ1v) is 6.40. The fraction of sp³-hybridized carbons (Fsp3) is 0.250. The fourth-order valence-electron chi connectivity index (χ4n) is 2.23. The van der Waals surface area contributed by atoms with E-state index in [9.17, 15) is 13.2 Å². The molecule has 0 heterocycles. The summed E-state index contributed by atoms with van der Waals surface area (Å²) >= 11 is 0. The number of hydrogen-bond acceptors (Lipinski definition) is 2. The highest BCUT2D eigenvalue weighted by atomic mass is 19.1. The van der Waals surface area contributed by atoms with Gasteiger partial charge in [0.15, 0.2) is 11.6 Å². The summed E-state index contributed by atoms with van der Waals surface area (Å²) < 4.78 is 45.7. The van der Waals surface area contributed by atoms with Crippen LogP contribution in [0.1, 0.15) is 18.1 Å². The van der Waals surface area contributed by atoms with Crippen molar-refractivity contribution in [2.24, 2.45) is 5.73 Å². The van der Waals surface area contributed by atoms with Crippen LogP contribution in [-0.4, -0.2) is 7.11 Å². The van der Waals surface area contributed by atoms with Crippen molar-refractivity contribution in [1.82, 2.24) is 0 Å². The average molecular weight is 295 g/mol. The molecule has 1 atom stereocenters. The number of ether oxygens (including phenoxy) is 1. The summed E-state index contributed by atoms with van der Waals surface area (Å²) in [5.74, 6) is -1.84. The predicted molar refractivity (Wildman–Crippen MR) is 74.6 cm³/mol. The number of hydrogen-bond donors (Lipinski definition) is 1. The Morgan fingerprint density at radius 1 is 1.10 bits per heavy atom. The van der Waals surface area contributed by atoms with E-state index in [1.807, 2.05) is 0 Å². The summed E-state index contributed by atoms with van der Waals surface area (Å²) in [6.07, 6.45) is 0.0823. The summed E-state index contributed by atoms with van der Waals surface area (Å²) in [5.41, 5.74) is 5.60. The monoisotopic (exact) mass is 295 g/mol. The van der Waals surface area contributed by atoms with Crippen molar-refractivity contribution in [3.63, 3.8) is 0 Å². The van der Waals surface area contributed by atoms with Crippen LogP contribution in [0.15, 0.2) is 36.4 Å². The molecule has 2 aromatic rings. The van der Waals surface area contributed by atoms with Crippen LogP contribution in [0.5, 0.6) is 5.75 Å². The molecule has 2 N–H and O–H groups in total. The van der Waals surface area contributed by atoms with Gasteiger partial charge < -0.3 is 10.5 Å². The Balaban J connectivity index is 2.37. The van der Waals surface area contributed by atoms with Crippen LogP contribution < -0.4 is 10.5 Å². The number of methoxy groups -OCH3 is 1. The second kappa shape index (κ2) is 5.77. The molecule has 0 bridgehead atoms. The molecule has 2 nitrogen and oxygen atoms in total. The van der Waals surface area contributed by atoms with Crippen molar-refractivity contribution < 1.29 is 17.9 Å². The summed E-state index contributed by atoms with van der Waals surface area (Å²) in [4.78, 5) is 0. The van der Waals surface area contributed by atoms with Crippen molar-refractivity contribution in [3.8, 4) is 5.75 Å². The second-order valence-electron chi connectivity index (χ2n) is 5.19. The van der Waals surface area contributed by atoms with E-state index in [0.717, 1.165) is 18.2 Å².